The van der Waals surface area contributed by atoms with Gasteiger partial charge in [0, 0.05) is 57.7 Å². The third kappa shape index (κ3) is 8.17. The van der Waals surface area contributed by atoms with E-state index < -0.39 is 0 Å². The van der Waals surface area contributed by atoms with Gasteiger partial charge in [-0.3, -0.25) is 4.99 Å². The van der Waals surface area contributed by atoms with Crippen molar-refractivity contribution in [3.63, 3.8) is 0 Å². The molecular weight excluding hydrogens is 511 g/mol. The van der Waals surface area contributed by atoms with Gasteiger partial charge in [-0.05, 0) is 45.2 Å². The number of hydrogen-bond donors (Lipinski definition) is 1. The number of furan rings is 1. The molecule has 1 aromatic rings. The largest absolute Gasteiger partial charge is 0.469 e. The van der Waals surface area contributed by atoms with E-state index in [1.54, 1.807) is 11.2 Å². The van der Waals surface area contributed by atoms with Crippen LogP contribution in [0.2, 0.25) is 0 Å². The van der Waals surface area contributed by atoms with Crippen molar-refractivity contribution in [3.8, 4) is 0 Å². The summed E-state index contributed by atoms with van der Waals surface area (Å²) in [5.74, 6) is 2.47. The first-order valence-corrected chi connectivity index (χ1v) is 11.3. The molecule has 8 nitrogen and oxygen atoms in total. The highest BCUT2D eigenvalue weighted by Crippen LogP contribution is 2.18. The third-order valence-electron chi connectivity index (χ3n) is 5.70. The average molecular weight is 548 g/mol. The van der Waals surface area contributed by atoms with Crippen molar-refractivity contribution >= 4 is 36.0 Å². The summed E-state index contributed by atoms with van der Waals surface area (Å²) in [5.41, 5.74) is 0. The van der Waals surface area contributed by atoms with E-state index in [1.807, 2.05) is 26.0 Å². The van der Waals surface area contributed by atoms with Crippen molar-refractivity contribution < 1.29 is 18.7 Å². The first kappa shape index (κ1) is 25.8. The molecule has 2 saturated heterocycles. The van der Waals surface area contributed by atoms with Gasteiger partial charge in [-0.25, -0.2) is 4.79 Å². The van der Waals surface area contributed by atoms with Crippen molar-refractivity contribution in [2.75, 3.05) is 52.5 Å². The molecule has 1 aromatic heterocycles. The van der Waals surface area contributed by atoms with E-state index >= 15 is 0 Å². The highest BCUT2D eigenvalue weighted by atomic mass is 127. The Morgan fingerprint density at radius 3 is 2.65 bits per heavy atom. The summed E-state index contributed by atoms with van der Waals surface area (Å²) < 4.78 is 16.2. The molecule has 0 aromatic carbocycles. The maximum Gasteiger partial charge on any atom is 0.409 e. The number of guanidine groups is 1. The highest BCUT2D eigenvalue weighted by Gasteiger charge is 2.28. The standard InChI is InChI=1S/C22H36N4O4.HI/c1-3-28-17-18-8-12-26(16-18)21(23-11-7-20-6-5-15-30-20)24-19-9-13-25(14-10-19)22(27)29-4-2;/h5-6,15,18-19H,3-4,7-14,16-17H2,1-2H3,(H,23,24);1H. The number of hydrogen-bond acceptors (Lipinski definition) is 5. The second-order valence-corrected chi connectivity index (χ2v) is 7.90. The summed E-state index contributed by atoms with van der Waals surface area (Å²) in [6.45, 7) is 9.94. The third-order valence-corrected chi connectivity index (χ3v) is 5.70. The van der Waals surface area contributed by atoms with E-state index in [0.29, 0.717) is 38.2 Å². The molecule has 1 atom stereocenters. The second kappa shape index (κ2) is 13.8. The van der Waals surface area contributed by atoms with Gasteiger partial charge in [0.25, 0.3) is 0 Å². The number of ether oxygens (including phenoxy) is 2. The van der Waals surface area contributed by atoms with Crippen molar-refractivity contribution in [3.05, 3.63) is 24.2 Å². The zero-order valence-corrected chi connectivity index (χ0v) is 21.1. The van der Waals surface area contributed by atoms with Crippen molar-refractivity contribution in [1.82, 2.24) is 15.1 Å². The fourth-order valence-electron chi connectivity index (χ4n) is 4.01. The number of nitrogens with one attached hydrogen (secondary N) is 1. The molecule has 0 saturated carbocycles. The normalized spacial score (nSPS) is 19.9. The second-order valence-electron chi connectivity index (χ2n) is 7.90. The molecule has 0 radical (unpaired) electrons. The predicted octanol–water partition coefficient (Wildman–Crippen LogP) is 3.37. The van der Waals surface area contributed by atoms with Gasteiger partial charge in [0.2, 0.25) is 0 Å². The van der Waals surface area contributed by atoms with Crippen molar-refractivity contribution in [2.45, 2.75) is 45.6 Å². The number of halogens is 1. The topological polar surface area (TPSA) is 79.5 Å². The molecule has 2 aliphatic rings. The summed E-state index contributed by atoms with van der Waals surface area (Å²) in [6, 6.07) is 4.21. The van der Waals surface area contributed by atoms with Gasteiger partial charge in [-0.2, -0.15) is 0 Å². The number of amides is 1. The Hall–Kier alpha value is -1.49. The maximum atomic E-state index is 11.9. The Morgan fingerprint density at radius 2 is 1.97 bits per heavy atom. The van der Waals surface area contributed by atoms with Crippen LogP contribution in [0.15, 0.2) is 27.8 Å². The Kier molecular flexibility index (Phi) is 11.5. The number of aliphatic imine (C=N–C) groups is 1. The Morgan fingerprint density at radius 1 is 1.19 bits per heavy atom. The number of likely N-dealkylation sites (tertiary alicyclic amines) is 2. The first-order valence-electron chi connectivity index (χ1n) is 11.3. The van der Waals surface area contributed by atoms with Crippen LogP contribution >= 0.6 is 24.0 Å². The lowest BCUT2D eigenvalue weighted by molar-refractivity contribution is 0.0961. The SMILES string of the molecule is CCOCC1CCN(C(=NCCc2ccco2)NC2CCN(C(=O)OCC)CC2)C1.I. The number of piperidine rings is 1. The molecule has 3 heterocycles. The summed E-state index contributed by atoms with van der Waals surface area (Å²) >= 11 is 0. The van der Waals surface area contributed by atoms with Crippen LogP contribution < -0.4 is 5.32 Å². The zero-order valence-electron chi connectivity index (χ0n) is 18.8. The monoisotopic (exact) mass is 548 g/mol. The van der Waals surface area contributed by atoms with E-state index in [9.17, 15) is 4.79 Å². The fourth-order valence-corrected chi connectivity index (χ4v) is 4.01. The zero-order chi connectivity index (χ0) is 21.2. The number of rotatable bonds is 8. The van der Waals surface area contributed by atoms with Gasteiger partial charge in [0.1, 0.15) is 5.76 Å². The van der Waals surface area contributed by atoms with Gasteiger partial charge in [0.15, 0.2) is 5.96 Å². The van der Waals surface area contributed by atoms with Crippen LogP contribution in [0.3, 0.4) is 0 Å². The van der Waals surface area contributed by atoms with Crippen molar-refractivity contribution in [1.29, 1.82) is 0 Å². The van der Waals surface area contributed by atoms with Crippen LogP contribution in [-0.4, -0.2) is 80.4 Å². The van der Waals surface area contributed by atoms with Crippen LogP contribution in [0.25, 0.3) is 0 Å². The fraction of sp³-hybridized carbons (Fsp3) is 0.727. The molecule has 3 rings (SSSR count). The van der Waals surface area contributed by atoms with Crippen LogP contribution in [0, 0.1) is 5.92 Å². The molecule has 9 heteroatoms. The molecule has 2 aliphatic heterocycles. The van der Waals surface area contributed by atoms with E-state index in [0.717, 1.165) is 63.7 Å². The van der Waals surface area contributed by atoms with E-state index in [2.05, 4.69) is 10.2 Å². The minimum absolute atomic E-state index is 0. The summed E-state index contributed by atoms with van der Waals surface area (Å²) in [6.07, 6.45) is 5.20. The lowest BCUT2D eigenvalue weighted by Crippen LogP contribution is -2.50. The lowest BCUT2D eigenvalue weighted by Gasteiger charge is -2.34. The first-order chi connectivity index (χ1) is 14.7. The molecule has 0 aliphatic carbocycles. The number of nitrogens with zero attached hydrogens (tertiary/aromatic N) is 3. The van der Waals surface area contributed by atoms with Crippen molar-refractivity contribution in [2.24, 2.45) is 10.9 Å². The molecule has 0 spiro atoms. The molecule has 2 fully saturated rings. The maximum absolute atomic E-state index is 11.9. The molecule has 1 N–H and O–H groups in total. The summed E-state index contributed by atoms with van der Waals surface area (Å²) in [5, 5.41) is 3.67. The Bertz CT molecular complexity index is 662. The summed E-state index contributed by atoms with van der Waals surface area (Å²) in [7, 11) is 0. The molecule has 1 amide bonds. The molecule has 0 bridgehead atoms. The lowest BCUT2D eigenvalue weighted by atomic mass is 10.1. The molecule has 1 unspecified atom stereocenters. The van der Waals surface area contributed by atoms with Crippen LogP contribution in [0.4, 0.5) is 4.79 Å². The van der Waals surface area contributed by atoms with Gasteiger partial charge in [0.05, 0.1) is 19.5 Å². The minimum Gasteiger partial charge on any atom is -0.469 e. The van der Waals surface area contributed by atoms with Crippen LogP contribution in [0.1, 0.15) is 38.9 Å². The van der Waals surface area contributed by atoms with E-state index in [4.69, 9.17) is 18.9 Å². The summed E-state index contributed by atoms with van der Waals surface area (Å²) in [4.78, 5) is 21.0. The smallest absolute Gasteiger partial charge is 0.409 e. The number of carbonyl (C=O) groups is 1. The van der Waals surface area contributed by atoms with Gasteiger partial charge >= 0.3 is 6.09 Å². The molecular formula is C22H37IN4O4. The van der Waals surface area contributed by atoms with Crippen LogP contribution in [-0.2, 0) is 15.9 Å². The quantitative estimate of drug-likeness (QED) is 0.305. The molecule has 176 valence electrons. The van der Waals surface area contributed by atoms with Gasteiger partial charge in [-0.1, -0.05) is 0 Å². The average Bonchev–Trinajstić information content (AvgIpc) is 3.44. The van der Waals surface area contributed by atoms with Gasteiger partial charge < -0.3 is 29.0 Å². The van der Waals surface area contributed by atoms with E-state index in [-0.39, 0.29) is 30.1 Å². The Balaban J connectivity index is 0.00000341. The number of carbonyl (C=O) groups excluding carboxylic acids is 1. The van der Waals surface area contributed by atoms with E-state index in [1.165, 1.54) is 0 Å². The highest BCUT2D eigenvalue weighted by molar-refractivity contribution is 14.0. The Labute approximate surface area is 202 Å². The minimum atomic E-state index is -0.207. The van der Waals surface area contributed by atoms with Crippen LogP contribution in [0.5, 0.6) is 0 Å². The predicted molar refractivity (Wildman–Crippen MR) is 131 cm³/mol. The van der Waals surface area contributed by atoms with Gasteiger partial charge in [-0.15, -0.1) is 24.0 Å². The molecule has 31 heavy (non-hydrogen) atoms.